The van der Waals surface area contributed by atoms with Gasteiger partial charge in [-0.05, 0) is 31.2 Å². The predicted octanol–water partition coefficient (Wildman–Crippen LogP) is 2.34. The number of hydrogen-bond acceptors (Lipinski definition) is 6. The second kappa shape index (κ2) is 7.25. The monoisotopic (exact) mass is 365 g/mol. The van der Waals surface area contributed by atoms with Crippen LogP contribution in [0.15, 0.2) is 36.7 Å². The molecule has 8 nitrogen and oxygen atoms in total. The summed E-state index contributed by atoms with van der Waals surface area (Å²) in [6.07, 6.45) is 3.29. The van der Waals surface area contributed by atoms with Gasteiger partial charge in [-0.2, -0.15) is 10.4 Å². The maximum absolute atomic E-state index is 12.1. The lowest BCUT2D eigenvalue weighted by Crippen LogP contribution is -2.11. The van der Waals surface area contributed by atoms with Gasteiger partial charge in [0.15, 0.2) is 5.69 Å². The number of anilines is 1. The molecule has 0 aliphatic heterocycles. The Morgan fingerprint density at radius 1 is 1.33 bits per heavy atom. The van der Waals surface area contributed by atoms with E-state index in [0.717, 1.165) is 11.3 Å². The van der Waals surface area contributed by atoms with Crippen molar-refractivity contribution in [3.63, 3.8) is 0 Å². The highest BCUT2D eigenvalue weighted by molar-refractivity contribution is 5.95. The highest BCUT2D eigenvalue weighted by Gasteiger charge is 2.21. The fourth-order valence-electron chi connectivity index (χ4n) is 2.67. The molecule has 138 valence electrons. The zero-order chi connectivity index (χ0) is 19.6. The molecule has 0 amide bonds. The van der Waals surface area contributed by atoms with Crippen LogP contribution in [0.25, 0.3) is 5.69 Å². The summed E-state index contributed by atoms with van der Waals surface area (Å²) in [5, 5.41) is 13.4. The molecule has 0 saturated heterocycles. The van der Waals surface area contributed by atoms with Gasteiger partial charge in [0, 0.05) is 30.2 Å². The lowest BCUT2D eigenvalue weighted by atomic mass is 10.2. The lowest BCUT2D eigenvalue weighted by molar-refractivity contribution is 0.0593. The Morgan fingerprint density at radius 2 is 2.04 bits per heavy atom. The van der Waals surface area contributed by atoms with E-state index in [4.69, 9.17) is 15.2 Å². The van der Waals surface area contributed by atoms with Crippen molar-refractivity contribution in [2.24, 2.45) is 7.05 Å². The van der Waals surface area contributed by atoms with Crippen LogP contribution in [0.1, 0.15) is 27.3 Å². The highest BCUT2D eigenvalue weighted by atomic mass is 16.5. The molecular weight excluding hydrogens is 346 g/mol. The largest absolute Gasteiger partial charge is 0.489 e. The van der Waals surface area contributed by atoms with Crippen molar-refractivity contribution in [3.8, 4) is 17.5 Å². The first-order valence-corrected chi connectivity index (χ1v) is 8.16. The van der Waals surface area contributed by atoms with E-state index in [1.165, 1.54) is 17.9 Å². The number of ether oxygens (including phenoxy) is 2. The normalized spacial score (nSPS) is 10.4. The van der Waals surface area contributed by atoms with Crippen molar-refractivity contribution >= 4 is 11.7 Å². The molecule has 0 saturated carbocycles. The fraction of sp³-hybridized carbons (Fsp3) is 0.211. The smallest absolute Gasteiger partial charge is 0.357 e. The summed E-state index contributed by atoms with van der Waals surface area (Å²) >= 11 is 0. The molecular formula is C19H19N5O3. The Kier molecular flexibility index (Phi) is 4.86. The van der Waals surface area contributed by atoms with Gasteiger partial charge in [-0.1, -0.05) is 0 Å². The minimum atomic E-state index is -0.610. The summed E-state index contributed by atoms with van der Waals surface area (Å²) in [7, 11) is 3.15. The van der Waals surface area contributed by atoms with Crippen molar-refractivity contribution in [1.29, 1.82) is 5.26 Å². The molecule has 1 aromatic carbocycles. The first-order chi connectivity index (χ1) is 13.0. The van der Waals surface area contributed by atoms with E-state index in [1.54, 1.807) is 35.1 Å². The van der Waals surface area contributed by atoms with E-state index >= 15 is 0 Å². The number of carbonyl (C=O) groups excluding carboxylic acids is 1. The van der Waals surface area contributed by atoms with Crippen LogP contribution in [0, 0.1) is 18.3 Å². The molecule has 2 N–H and O–H groups in total. The minimum Gasteiger partial charge on any atom is -0.489 e. The summed E-state index contributed by atoms with van der Waals surface area (Å²) in [5.74, 6) is 0.0589. The number of carbonyl (C=O) groups is 1. The van der Waals surface area contributed by atoms with Crippen LogP contribution in [0.2, 0.25) is 0 Å². The fourth-order valence-corrected chi connectivity index (χ4v) is 2.67. The van der Waals surface area contributed by atoms with Gasteiger partial charge >= 0.3 is 5.97 Å². The van der Waals surface area contributed by atoms with Gasteiger partial charge in [-0.3, -0.25) is 4.68 Å². The Labute approximate surface area is 156 Å². The number of benzene rings is 1. The Balaban J connectivity index is 1.84. The zero-order valence-corrected chi connectivity index (χ0v) is 15.3. The predicted molar refractivity (Wildman–Crippen MR) is 98.5 cm³/mol. The van der Waals surface area contributed by atoms with Crippen molar-refractivity contribution in [2.75, 3.05) is 12.8 Å². The molecule has 27 heavy (non-hydrogen) atoms. The van der Waals surface area contributed by atoms with Crippen LogP contribution in [-0.2, 0) is 18.4 Å². The van der Waals surface area contributed by atoms with Crippen LogP contribution in [0.4, 0.5) is 5.69 Å². The molecule has 0 bridgehead atoms. The van der Waals surface area contributed by atoms with Crippen LogP contribution < -0.4 is 10.5 Å². The van der Waals surface area contributed by atoms with Gasteiger partial charge in [0.1, 0.15) is 18.4 Å². The summed E-state index contributed by atoms with van der Waals surface area (Å²) in [5.41, 5.74) is 9.04. The number of aromatic nitrogens is 3. The molecule has 0 aliphatic carbocycles. The van der Waals surface area contributed by atoms with Gasteiger partial charge < -0.3 is 19.8 Å². The second-order valence-corrected chi connectivity index (χ2v) is 5.94. The minimum absolute atomic E-state index is 0.0942. The average Bonchev–Trinajstić information content (AvgIpc) is 3.19. The second-order valence-electron chi connectivity index (χ2n) is 5.94. The average molecular weight is 365 g/mol. The molecule has 0 aliphatic rings. The van der Waals surface area contributed by atoms with Gasteiger partial charge in [0.25, 0.3) is 0 Å². The number of nitrogens with zero attached hydrogens (tertiary/aromatic N) is 4. The molecule has 0 unspecified atom stereocenters. The molecule has 0 fully saturated rings. The SMILES string of the molecule is COC(=O)c1c(N)c(C#N)cn1-c1ccc(OCc2cnn(C)c2C)cc1. The maximum Gasteiger partial charge on any atom is 0.357 e. The third-order valence-corrected chi connectivity index (χ3v) is 4.39. The number of rotatable bonds is 5. The van der Waals surface area contributed by atoms with Crippen molar-refractivity contribution < 1.29 is 14.3 Å². The van der Waals surface area contributed by atoms with Crippen LogP contribution in [0.3, 0.4) is 0 Å². The molecule has 3 rings (SSSR count). The summed E-state index contributed by atoms with van der Waals surface area (Å²) in [4.78, 5) is 12.1. The zero-order valence-electron chi connectivity index (χ0n) is 15.3. The Bertz CT molecular complexity index is 1030. The van der Waals surface area contributed by atoms with Crippen LogP contribution in [-0.4, -0.2) is 27.4 Å². The van der Waals surface area contributed by atoms with Crippen LogP contribution in [0.5, 0.6) is 5.75 Å². The van der Waals surface area contributed by atoms with E-state index in [-0.39, 0.29) is 16.9 Å². The first-order valence-electron chi connectivity index (χ1n) is 8.16. The molecule has 2 aromatic heterocycles. The molecule has 3 aromatic rings. The van der Waals surface area contributed by atoms with Gasteiger partial charge in [0.2, 0.25) is 0 Å². The number of aryl methyl sites for hydroxylation is 1. The third-order valence-electron chi connectivity index (χ3n) is 4.39. The topological polar surface area (TPSA) is 108 Å². The lowest BCUT2D eigenvalue weighted by Gasteiger charge is -2.10. The van der Waals surface area contributed by atoms with Gasteiger partial charge in [-0.15, -0.1) is 0 Å². The van der Waals surface area contributed by atoms with Gasteiger partial charge in [-0.25, -0.2) is 4.79 Å². The molecule has 8 heteroatoms. The van der Waals surface area contributed by atoms with E-state index in [9.17, 15) is 10.1 Å². The first kappa shape index (κ1) is 18.1. The number of nitriles is 1. The quantitative estimate of drug-likeness (QED) is 0.695. The van der Waals surface area contributed by atoms with E-state index < -0.39 is 5.97 Å². The number of hydrogen-bond donors (Lipinski definition) is 1. The molecule has 2 heterocycles. The summed E-state index contributed by atoms with van der Waals surface area (Å²) in [6.45, 7) is 2.38. The van der Waals surface area contributed by atoms with Gasteiger partial charge in [0.05, 0.1) is 24.6 Å². The third kappa shape index (κ3) is 3.35. The summed E-state index contributed by atoms with van der Waals surface area (Å²) in [6, 6.07) is 9.09. The standard InChI is InChI=1S/C19H19N5O3/c1-12-14(9-22-23(12)2)11-27-16-6-4-15(5-7-16)24-10-13(8-20)17(21)18(24)19(25)26-3/h4-7,9-10H,11,21H2,1-3H3. The van der Waals surface area contributed by atoms with E-state index in [1.807, 2.05) is 20.0 Å². The molecule has 0 radical (unpaired) electrons. The molecule has 0 spiro atoms. The maximum atomic E-state index is 12.1. The molecule has 0 atom stereocenters. The van der Waals surface area contributed by atoms with Crippen molar-refractivity contribution in [3.05, 3.63) is 59.2 Å². The number of esters is 1. The van der Waals surface area contributed by atoms with Crippen molar-refractivity contribution in [1.82, 2.24) is 14.3 Å². The Morgan fingerprint density at radius 3 is 2.59 bits per heavy atom. The van der Waals surface area contributed by atoms with Crippen LogP contribution >= 0.6 is 0 Å². The Hall–Kier alpha value is -3.73. The highest BCUT2D eigenvalue weighted by Crippen LogP contribution is 2.26. The number of methoxy groups -OCH3 is 1. The van der Waals surface area contributed by atoms with E-state index in [0.29, 0.717) is 18.0 Å². The number of nitrogen functional groups attached to an aromatic ring is 1. The van der Waals surface area contributed by atoms with Crippen molar-refractivity contribution in [2.45, 2.75) is 13.5 Å². The van der Waals surface area contributed by atoms with E-state index in [2.05, 4.69) is 5.10 Å². The number of nitrogens with two attached hydrogens (primary N) is 1. The summed E-state index contributed by atoms with van der Waals surface area (Å²) < 4.78 is 13.9.